The largest absolute Gasteiger partial charge is 0.489 e. The fourth-order valence-electron chi connectivity index (χ4n) is 1.98. The van der Waals surface area contributed by atoms with Gasteiger partial charge in [0.1, 0.15) is 18.5 Å². The molecule has 0 radical (unpaired) electrons. The number of pyridine rings is 1. The summed E-state index contributed by atoms with van der Waals surface area (Å²) >= 11 is 12.3. The lowest BCUT2D eigenvalue weighted by atomic mass is 10.0. The number of hydrogen-bond donors (Lipinski definition) is 1. The van der Waals surface area contributed by atoms with Gasteiger partial charge in [-0.15, -0.1) is 0 Å². The van der Waals surface area contributed by atoms with Crippen molar-refractivity contribution in [3.63, 3.8) is 0 Å². The van der Waals surface area contributed by atoms with E-state index >= 15 is 0 Å². The molecule has 110 valence electrons. The first-order valence-electron chi connectivity index (χ1n) is 6.36. The summed E-state index contributed by atoms with van der Waals surface area (Å²) in [6.07, 6.45) is 2.31. The van der Waals surface area contributed by atoms with Gasteiger partial charge < -0.3 is 9.84 Å². The third-order valence-corrected chi connectivity index (χ3v) is 3.78. The zero-order valence-electron chi connectivity index (χ0n) is 11.5. The van der Waals surface area contributed by atoms with Crippen LogP contribution in [0.5, 0.6) is 5.75 Å². The minimum atomic E-state index is -0.947. The Hall–Kier alpha value is -1.55. The molecule has 1 unspecified atom stereocenters. The number of benzene rings is 1. The van der Waals surface area contributed by atoms with Crippen LogP contribution in [-0.4, -0.2) is 16.7 Å². The second-order valence-corrected chi connectivity index (χ2v) is 5.29. The van der Waals surface area contributed by atoms with Crippen molar-refractivity contribution in [2.75, 3.05) is 6.61 Å². The maximum atomic E-state index is 10.6. The van der Waals surface area contributed by atoms with Crippen LogP contribution >= 0.6 is 23.2 Å². The topological polar surface area (TPSA) is 42.4 Å². The fraction of sp³-hybridized carbons (Fsp3) is 0.188. The van der Waals surface area contributed by atoms with Gasteiger partial charge in [-0.1, -0.05) is 35.9 Å². The van der Waals surface area contributed by atoms with Crippen molar-refractivity contribution in [1.29, 1.82) is 0 Å². The zero-order chi connectivity index (χ0) is 15.4. The molecule has 3 nitrogen and oxygen atoms in total. The van der Waals surface area contributed by atoms with Gasteiger partial charge in [-0.05, 0) is 36.8 Å². The molecule has 21 heavy (non-hydrogen) atoms. The van der Waals surface area contributed by atoms with Crippen molar-refractivity contribution in [1.82, 2.24) is 4.98 Å². The third kappa shape index (κ3) is 3.56. The van der Waals surface area contributed by atoms with Crippen molar-refractivity contribution in [3.05, 3.63) is 70.0 Å². The number of rotatable bonds is 5. The predicted octanol–water partition coefficient (Wildman–Crippen LogP) is 4.34. The normalized spacial score (nSPS) is 12.0. The molecule has 1 atom stereocenters. The molecule has 0 amide bonds. The summed E-state index contributed by atoms with van der Waals surface area (Å²) in [5, 5.41) is 11.3. The smallest absolute Gasteiger partial charge is 0.127 e. The molecular formula is C16H15Cl2NO2. The molecule has 1 aromatic heterocycles. The first-order valence-corrected chi connectivity index (χ1v) is 7.12. The van der Waals surface area contributed by atoms with E-state index in [9.17, 15) is 5.11 Å². The Bertz CT molecular complexity index is 659. The number of aliphatic hydroxyl groups is 1. The molecule has 2 aromatic rings. The van der Waals surface area contributed by atoms with Crippen molar-refractivity contribution >= 4 is 23.2 Å². The van der Waals surface area contributed by atoms with Gasteiger partial charge in [-0.2, -0.15) is 0 Å². The Labute approximate surface area is 133 Å². The van der Waals surface area contributed by atoms with Gasteiger partial charge in [0.15, 0.2) is 0 Å². The lowest BCUT2D eigenvalue weighted by Crippen LogP contribution is -2.06. The summed E-state index contributed by atoms with van der Waals surface area (Å²) in [5.41, 5.74) is 1.92. The Morgan fingerprint density at radius 2 is 2.14 bits per heavy atom. The molecular weight excluding hydrogens is 309 g/mol. The Morgan fingerprint density at radius 3 is 2.81 bits per heavy atom. The van der Waals surface area contributed by atoms with Crippen molar-refractivity contribution < 1.29 is 9.84 Å². The van der Waals surface area contributed by atoms with Crippen molar-refractivity contribution in [2.45, 2.75) is 13.0 Å². The molecule has 5 heteroatoms. The van der Waals surface area contributed by atoms with Crippen LogP contribution in [0.25, 0.3) is 0 Å². The van der Waals surface area contributed by atoms with Crippen LogP contribution in [0.1, 0.15) is 22.9 Å². The Kier molecular flexibility index (Phi) is 5.23. The number of ether oxygens (including phenoxy) is 1. The lowest BCUT2D eigenvalue weighted by molar-refractivity contribution is 0.213. The summed E-state index contributed by atoms with van der Waals surface area (Å²) in [4.78, 5) is 4.11. The van der Waals surface area contributed by atoms with Crippen LogP contribution in [0.2, 0.25) is 10.0 Å². The highest BCUT2D eigenvalue weighted by molar-refractivity contribution is 6.42. The van der Waals surface area contributed by atoms with Crippen LogP contribution < -0.4 is 4.74 Å². The summed E-state index contributed by atoms with van der Waals surface area (Å²) in [7, 11) is 0. The standard InChI is InChI=1S/C16H15Cl2NO2/c1-3-8-21-13-5-4-12(17)15(18)14(13)16(20)11-6-7-19-10(2)9-11/h3-7,9,16,20H,1,8H2,2H3. The van der Waals surface area contributed by atoms with Gasteiger partial charge in [0, 0.05) is 17.5 Å². The SMILES string of the molecule is C=CCOc1ccc(Cl)c(Cl)c1C(O)c1ccnc(C)c1. The van der Waals surface area contributed by atoms with Crippen LogP contribution in [0.3, 0.4) is 0 Å². The van der Waals surface area contributed by atoms with E-state index in [2.05, 4.69) is 11.6 Å². The molecule has 0 saturated heterocycles. The van der Waals surface area contributed by atoms with E-state index in [-0.39, 0.29) is 5.02 Å². The maximum absolute atomic E-state index is 10.6. The molecule has 0 aliphatic carbocycles. The van der Waals surface area contributed by atoms with Crippen LogP contribution in [0.15, 0.2) is 43.1 Å². The summed E-state index contributed by atoms with van der Waals surface area (Å²) in [5.74, 6) is 0.478. The zero-order valence-corrected chi connectivity index (χ0v) is 13.0. The van der Waals surface area contributed by atoms with E-state index in [4.69, 9.17) is 27.9 Å². The van der Waals surface area contributed by atoms with E-state index in [1.165, 1.54) is 0 Å². The van der Waals surface area contributed by atoms with Gasteiger partial charge >= 0.3 is 0 Å². The first-order chi connectivity index (χ1) is 10.0. The van der Waals surface area contributed by atoms with E-state index in [1.807, 2.05) is 6.92 Å². The van der Waals surface area contributed by atoms with Crippen molar-refractivity contribution in [3.8, 4) is 5.75 Å². The number of nitrogens with zero attached hydrogens (tertiary/aromatic N) is 1. The molecule has 0 aliphatic rings. The predicted molar refractivity (Wildman–Crippen MR) is 85.2 cm³/mol. The van der Waals surface area contributed by atoms with E-state index in [0.717, 1.165) is 5.69 Å². The number of hydrogen-bond acceptors (Lipinski definition) is 3. The van der Waals surface area contributed by atoms with Gasteiger partial charge in [0.2, 0.25) is 0 Å². The molecule has 1 heterocycles. The van der Waals surface area contributed by atoms with Crippen LogP contribution in [0, 0.1) is 6.92 Å². The summed E-state index contributed by atoms with van der Waals surface area (Å²) in [6.45, 7) is 5.77. The second kappa shape index (κ2) is 6.94. The third-order valence-electron chi connectivity index (χ3n) is 2.96. The summed E-state index contributed by atoms with van der Waals surface area (Å²) < 4.78 is 5.56. The van der Waals surface area contributed by atoms with E-state index in [1.54, 1.807) is 36.5 Å². The average molecular weight is 324 g/mol. The minimum absolute atomic E-state index is 0.278. The number of aliphatic hydroxyl groups excluding tert-OH is 1. The molecule has 0 spiro atoms. The molecule has 0 fully saturated rings. The summed E-state index contributed by atoms with van der Waals surface area (Å²) in [6, 6.07) is 6.84. The molecule has 2 rings (SSSR count). The van der Waals surface area contributed by atoms with Gasteiger partial charge in [-0.3, -0.25) is 4.98 Å². The number of halogens is 2. The number of aromatic nitrogens is 1. The average Bonchev–Trinajstić information content (AvgIpc) is 2.48. The van der Waals surface area contributed by atoms with Crippen LogP contribution in [0.4, 0.5) is 0 Å². The van der Waals surface area contributed by atoms with Gasteiger partial charge in [-0.25, -0.2) is 0 Å². The molecule has 1 N–H and O–H groups in total. The monoisotopic (exact) mass is 323 g/mol. The molecule has 0 bridgehead atoms. The Morgan fingerprint density at radius 1 is 1.38 bits per heavy atom. The maximum Gasteiger partial charge on any atom is 0.127 e. The fourth-order valence-corrected chi connectivity index (χ4v) is 2.41. The van der Waals surface area contributed by atoms with Crippen molar-refractivity contribution in [2.24, 2.45) is 0 Å². The Balaban J connectivity index is 2.49. The lowest BCUT2D eigenvalue weighted by Gasteiger charge is -2.18. The van der Waals surface area contributed by atoms with E-state index in [0.29, 0.717) is 28.5 Å². The molecule has 0 saturated carbocycles. The number of aryl methyl sites for hydroxylation is 1. The van der Waals surface area contributed by atoms with Crippen LogP contribution in [-0.2, 0) is 0 Å². The highest BCUT2D eigenvalue weighted by atomic mass is 35.5. The van der Waals surface area contributed by atoms with E-state index < -0.39 is 6.10 Å². The second-order valence-electron chi connectivity index (χ2n) is 4.51. The first kappa shape index (κ1) is 15.8. The molecule has 0 aliphatic heterocycles. The minimum Gasteiger partial charge on any atom is -0.489 e. The highest BCUT2D eigenvalue weighted by Crippen LogP contribution is 2.39. The highest BCUT2D eigenvalue weighted by Gasteiger charge is 2.21. The van der Waals surface area contributed by atoms with Gasteiger partial charge in [0.05, 0.1) is 10.0 Å². The quantitative estimate of drug-likeness (QED) is 0.832. The molecule has 1 aromatic carbocycles. The van der Waals surface area contributed by atoms with Gasteiger partial charge in [0.25, 0.3) is 0 Å².